The molecule has 2 aromatic rings. The summed E-state index contributed by atoms with van der Waals surface area (Å²) in [5.74, 6) is 2.06. The van der Waals surface area contributed by atoms with Crippen LogP contribution in [0.3, 0.4) is 0 Å². The van der Waals surface area contributed by atoms with E-state index in [1.54, 1.807) is 0 Å². The number of benzene rings is 1. The lowest BCUT2D eigenvalue weighted by atomic mass is 10.1. The molecule has 1 fully saturated rings. The van der Waals surface area contributed by atoms with Gasteiger partial charge in [-0.05, 0) is 24.5 Å². The predicted octanol–water partition coefficient (Wildman–Crippen LogP) is 1.67. The highest BCUT2D eigenvalue weighted by Crippen LogP contribution is 2.23. The number of nitrogens with zero attached hydrogens (tertiary/aromatic N) is 3. The van der Waals surface area contributed by atoms with Crippen molar-refractivity contribution in [3.05, 3.63) is 47.0 Å². The second-order valence-electron chi connectivity index (χ2n) is 5.50. The Hall–Kier alpha value is -1.72. The number of aromatic nitrogens is 3. The van der Waals surface area contributed by atoms with Gasteiger partial charge in [-0.2, -0.15) is 5.10 Å². The maximum Gasteiger partial charge on any atom is 0.156 e. The molecule has 1 aromatic heterocycles. The van der Waals surface area contributed by atoms with Crippen molar-refractivity contribution in [2.45, 2.75) is 32.2 Å². The molecule has 0 aliphatic carbocycles. The number of rotatable bonds is 5. The number of aryl methyl sites for hydroxylation is 1. The summed E-state index contributed by atoms with van der Waals surface area (Å²) in [4.78, 5) is 4.71. The van der Waals surface area contributed by atoms with Crippen molar-refractivity contribution < 1.29 is 9.84 Å². The highest BCUT2D eigenvalue weighted by Gasteiger charge is 2.23. The molecule has 0 bridgehead atoms. The molecule has 1 atom stereocenters. The van der Waals surface area contributed by atoms with Crippen LogP contribution in [0.4, 0.5) is 0 Å². The summed E-state index contributed by atoms with van der Waals surface area (Å²) in [6, 6.07) is 8.30. The van der Waals surface area contributed by atoms with Crippen LogP contribution in [-0.2, 0) is 17.7 Å². The third-order valence-electron chi connectivity index (χ3n) is 3.98. The molecule has 5 heteroatoms. The van der Waals surface area contributed by atoms with Crippen LogP contribution in [0.5, 0.6) is 0 Å². The second kappa shape index (κ2) is 6.37. The number of hydrogen-bond acceptors (Lipinski definition) is 4. The van der Waals surface area contributed by atoms with Gasteiger partial charge in [0, 0.05) is 18.9 Å². The summed E-state index contributed by atoms with van der Waals surface area (Å²) < 4.78 is 7.25. The van der Waals surface area contributed by atoms with E-state index in [0.717, 1.165) is 31.1 Å². The topological polar surface area (TPSA) is 60.2 Å². The molecule has 1 aliphatic rings. The Bertz CT molecular complexity index is 603. The standard InChI is InChI=1S/C16H21N3O2/c1-12-4-2-3-5-13(12)10-15-17-16(14-6-9-21-11-14)18-19(15)7-8-20/h2-5,14,20H,6-11H2,1H3/t14-/m1/s1. The van der Waals surface area contributed by atoms with Crippen molar-refractivity contribution in [3.8, 4) is 0 Å². The van der Waals surface area contributed by atoms with E-state index >= 15 is 0 Å². The highest BCUT2D eigenvalue weighted by atomic mass is 16.5. The first kappa shape index (κ1) is 14.2. The average molecular weight is 287 g/mol. The Morgan fingerprint density at radius 3 is 2.95 bits per heavy atom. The Morgan fingerprint density at radius 1 is 1.38 bits per heavy atom. The molecule has 1 aromatic carbocycles. The van der Waals surface area contributed by atoms with Gasteiger partial charge in [0.15, 0.2) is 5.82 Å². The molecule has 0 saturated carbocycles. The first-order valence-corrected chi connectivity index (χ1v) is 7.44. The number of aliphatic hydroxyl groups is 1. The van der Waals surface area contributed by atoms with E-state index in [1.165, 1.54) is 11.1 Å². The minimum absolute atomic E-state index is 0.0741. The Labute approximate surface area is 124 Å². The van der Waals surface area contributed by atoms with Crippen molar-refractivity contribution in [2.75, 3.05) is 19.8 Å². The van der Waals surface area contributed by atoms with Gasteiger partial charge in [0.2, 0.25) is 0 Å². The van der Waals surface area contributed by atoms with Crippen LogP contribution in [0, 0.1) is 6.92 Å². The Balaban J connectivity index is 1.87. The first-order valence-electron chi connectivity index (χ1n) is 7.44. The molecule has 0 amide bonds. The summed E-state index contributed by atoms with van der Waals surface area (Å²) in [6.07, 6.45) is 1.72. The molecule has 0 unspecified atom stereocenters. The maximum atomic E-state index is 9.23. The van der Waals surface area contributed by atoms with E-state index in [1.807, 2.05) is 16.8 Å². The van der Waals surface area contributed by atoms with Crippen LogP contribution in [0.2, 0.25) is 0 Å². The first-order chi connectivity index (χ1) is 10.3. The monoisotopic (exact) mass is 287 g/mol. The average Bonchev–Trinajstić information content (AvgIpc) is 3.12. The zero-order valence-electron chi connectivity index (χ0n) is 12.3. The lowest BCUT2D eigenvalue weighted by Gasteiger charge is -2.06. The molecular weight excluding hydrogens is 266 g/mol. The van der Waals surface area contributed by atoms with Gasteiger partial charge in [0.1, 0.15) is 5.82 Å². The minimum atomic E-state index is 0.0741. The summed E-state index contributed by atoms with van der Waals surface area (Å²) in [7, 11) is 0. The van der Waals surface area contributed by atoms with E-state index in [9.17, 15) is 5.11 Å². The SMILES string of the molecule is Cc1ccccc1Cc1nc([C@@H]2CCOC2)nn1CCO. The molecule has 21 heavy (non-hydrogen) atoms. The van der Waals surface area contributed by atoms with E-state index in [2.05, 4.69) is 24.2 Å². The molecule has 2 heterocycles. The second-order valence-corrected chi connectivity index (χ2v) is 5.50. The molecule has 1 saturated heterocycles. The van der Waals surface area contributed by atoms with Crippen molar-refractivity contribution in [1.82, 2.24) is 14.8 Å². The molecule has 0 spiro atoms. The zero-order chi connectivity index (χ0) is 14.7. The quantitative estimate of drug-likeness (QED) is 0.909. The number of aliphatic hydroxyl groups excluding tert-OH is 1. The fourth-order valence-corrected chi connectivity index (χ4v) is 2.69. The van der Waals surface area contributed by atoms with Gasteiger partial charge in [-0.15, -0.1) is 0 Å². The van der Waals surface area contributed by atoms with E-state index in [0.29, 0.717) is 19.1 Å². The van der Waals surface area contributed by atoms with Crippen LogP contribution >= 0.6 is 0 Å². The van der Waals surface area contributed by atoms with Crippen LogP contribution < -0.4 is 0 Å². The van der Waals surface area contributed by atoms with Crippen molar-refractivity contribution in [1.29, 1.82) is 0 Å². The van der Waals surface area contributed by atoms with Crippen molar-refractivity contribution in [3.63, 3.8) is 0 Å². The predicted molar refractivity (Wildman–Crippen MR) is 79.3 cm³/mol. The molecule has 0 radical (unpaired) electrons. The normalized spacial score (nSPS) is 18.3. The molecular formula is C16H21N3O2. The van der Waals surface area contributed by atoms with Crippen LogP contribution in [0.15, 0.2) is 24.3 Å². The van der Waals surface area contributed by atoms with Gasteiger partial charge in [-0.1, -0.05) is 24.3 Å². The highest BCUT2D eigenvalue weighted by molar-refractivity contribution is 5.28. The zero-order valence-corrected chi connectivity index (χ0v) is 12.3. The van der Waals surface area contributed by atoms with Crippen LogP contribution in [0.1, 0.15) is 35.1 Å². The largest absolute Gasteiger partial charge is 0.394 e. The van der Waals surface area contributed by atoms with Gasteiger partial charge < -0.3 is 9.84 Å². The Morgan fingerprint density at radius 2 is 2.24 bits per heavy atom. The smallest absolute Gasteiger partial charge is 0.156 e. The lowest BCUT2D eigenvalue weighted by molar-refractivity contribution is 0.193. The molecule has 1 N–H and O–H groups in total. The van der Waals surface area contributed by atoms with E-state index < -0.39 is 0 Å². The van der Waals surface area contributed by atoms with Gasteiger partial charge in [0.05, 0.1) is 19.8 Å². The molecule has 3 rings (SSSR count). The number of ether oxygens (including phenoxy) is 1. The summed E-state index contributed by atoms with van der Waals surface area (Å²) in [5, 5.41) is 13.8. The fourth-order valence-electron chi connectivity index (χ4n) is 2.69. The maximum absolute atomic E-state index is 9.23. The summed E-state index contributed by atoms with van der Waals surface area (Å²) >= 11 is 0. The molecule has 1 aliphatic heterocycles. The van der Waals surface area contributed by atoms with Gasteiger partial charge in [-0.3, -0.25) is 0 Å². The summed E-state index contributed by atoms with van der Waals surface area (Å²) in [5.41, 5.74) is 2.50. The fraction of sp³-hybridized carbons (Fsp3) is 0.500. The minimum Gasteiger partial charge on any atom is -0.394 e. The van der Waals surface area contributed by atoms with E-state index in [-0.39, 0.29) is 6.61 Å². The lowest BCUT2D eigenvalue weighted by Crippen LogP contribution is -2.10. The van der Waals surface area contributed by atoms with E-state index in [4.69, 9.17) is 9.72 Å². The third-order valence-corrected chi connectivity index (χ3v) is 3.98. The van der Waals surface area contributed by atoms with Gasteiger partial charge in [-0.25, -0.2) is 9.67 Å². The number of hydrogen-bond donors (Lipinski definition) is 1. The third kappa shape index (κ3) is 3.14. The molecule has 112 valence electrons. The van der Waals surface area contributed by atoms with Crippen LogP contribution in [0.25, 0.3) is 0 Å². The molecule has 5 nitrogen and oxygen atoms in total. The summed E-state index contributed by atoms with van der Waals surface area (Å²) in [6.45, 7) is 4.15. The Kier molecular flexibility index (Phi) is 4.31. The van der Waals surface area contributed by atoms with Crippen molar-refractivity contribution >= 4 is 0 Å². The van der Waals surface area contributed by atoms with Crippen molar-refractivity contribution in [2.24, 2.45) is 0 Å². The van der Waals surface area contributed by atoms with Gasteiger partial charge in [0.25, 0.3) is 0 Å². The van der Waals surface area contributed by atoms with Crippen LogP contribution in [-0.4, -0.2) is 39.7 Å². The van der Waals surface area contributed by atoms with Gasteiger partial charge >= 0.3 is 0 Å².